The Morgan fingerprint density at radius 1 is 1.20 bits per heavy atom. The van der Waals surface area contributed by atoms with Crippen LogP contribution in [0.5, 0.6) is 0 Å². The van der Waals surface area contributed by atoms with Gasteiger partial charge in [-0.25, -0.2) is 0 Å². The number of alkyl halides is 3. The second kappa shape index (κ2) is 5.70. The van der Waals surface area contributed by atoms with Crippen molar-refractivity contribution in [2.75, 3.05) is 13.7 Å². The number of hydrogen-bond donors (Lipinski definition) is 1. The van der Waals surface area contributed by atoms with E-state index in [1.807, 2.05) is 0 Å². The molecule has 90 valence electrons. The summed E-state index contributed by atoms with van der Waals surface area (Å²) < 4.78 is 40.9. The van der Waals surface area contributed by atoms with E-state index < -0.39 is 12.8 Å². The molecular weight excluding hydrogens is 207 g/mol. The van der Waals surface area contributed by atoms with Crippen LogP contribution in [0.4, 0.5) is 13.2 Å². The Morgan fingerprint density at radius 3 is 2.47 bits per heavy atom. The summed E-state index contributed by atoms with van der Waals surface area (Å²) in [5.74, 6) is 0. The molecule has 0 bridgehead atoms. The van der Waals surface area contributed by atoms with Gasteiger partial charge in [0.05, 0.1) is 6.10 Å². The van der Waals surface area contributed by atoms with Crippen LogP contribution in [-0.4, -0.2) is 32.0 Å². The molecule has 0 spiro atoms. The van der Waals surface area contributed by atoms with Crippen LogP contribution in [0.15, 0.2) is 0 Å². The molecule has 1 aliphatic carbocycles. The quantitative estimate of drug-likeness (QED) is 0.745. The van der Waals surface area contributed by atoms with Gasteiger partial charge in [-0.05, 0) is 19.9 Å². The average Bonchev–Trinajstić information content (AvgIpc) is 2.37. The van der Waals surface area contributed by atoms with E-state index in [2.05, 4.69) is 5.32 Å². The first-order chi connectivity index (χ1) is 7.03. The van der Waals surface area contributed by atoms with Gasteiger partial charge in [0, 0.05) is 6.04 Å². The molecule has 0 aromatic carbocycles. The van der Waals surface area contributed by atoms with Gasteiger partial charge in [0.1, 0.15) is 6.61 Å². The van der Waals surface area contributed by atoms with E-state index in [0.717, 1.165) is 32.1 Å². The zero-order chi connectivity index (χ0) is 11.3. The first-order valence-electron chi connectivity index (χ1n) is 5.38. The number of ether oxygens (including phenoxy) is 1. The molecule has 0 aromatic rings. The Kier molecular flexibility index (Phi) is 4.86. The van der Waals surface area contributed by atoms with Crippen molar-refractivity contribution in [2.45, 2.75) is 50.4 Å². The number of nitrogens with one attached hydrogen (secondary N) is 1. The predicted octanol–water partition coefficient (Wildman–Crippen LogP) is 2.49. The van der Waals surface area contributed by atoms with Crippen LogP contribution in [0.2, 0.25) is 0 Å². The molecule has 1 fully saturated rings. The summed E-state index contributed by atoms with van der Waals surface area (Å²) in [6.45, 7) is -1.13. The van der Waals surface area contributed by atoms with E-state index in [0.29, 0.717) is 0 Å². The highest BCUT2D eigenvalue weighted by Crippen LogP contribution is 2.23. The Labute approximate surface area is 88.2 Å². The molecule has 0 radical (unpaired) electrons. The van der Waals surface area contributed by atoms with Crippen molar-refractivity contribution in [2.24, 2.45) is 0 Å². The van der Waals surface area contributed by atoms with E-state index >= 15 is 0 Å². The average molecular weight is 225 g/mol. The standard InChI is InChI=1S/C10H18F3NO/c1-14-8-5-3-2-4-6-9(8)15-7-10(11,12)13/h8-9,14H,2-7H2,1H3. The number of rotatable bonds is 3. The van der Waals surface area contributed by atoms with Crippen molar-refractivity contribution < 1.29 is 17.9 Å². The smallest absolute Gasteiger partial charge is 0.367 e. The third-order valence-electron chi connectivity index (χ3n) is 2.78. The van der Waals surface area contributed by atoms with E-state index in [-0.39, 0.29) is 12.1 Å². The fourth-order valence-electron chi connectivity index (χ4n) is 2.00. The van der Waals surface area contributed by atoms with Crippen LogP contribution in [0.3, 0.4) is 0 Å². The van der Waals surface area contributed by atoms with Gasteiger partial charge in [-0.1, -0.05) is 19.3 Å². The van der Waals surface area contributed by atoms with Gasteiger partial charge < -0.3 is 10.1 Å². The Bertz CT molecular complexity index is 184. The van der Waals surface area contributed by atoms with Crippen LogP contribution in [-0.2, 0) is 4.74 Å². The highest BCUT2D eigenvalue weighted by atomic mass is 19.4. The van der Waals surface area contributed by atoms with Crippen molar-refractivity contribution in [3.63, 3.8) is 0 Å². The third kappa shape index (κ3) is 4.84. The van der Waals surface area contributed by atoms with Crippen molar-refractivity contribution in [3.8, 4) is 0 Å². The highest BCUT2D eigenvalue weighted by molar-refractivity contribution is 4.79. The zero-order valence-electron chi connectivity index (χ0n) is 8.94. The summed E-state index contributed by atoms with van der Waals surface area (Å²) in [5, 5.41) is 3.04. The fraction of sp³-hybridized carbons (Fsp3) is 1.00. The summed E-state index contributed by atoms with van der Waals surface area (Å²) >= 11 is 0. The SMILES string of the molecule is CNC1CCCCCC1OCC(F)(F)F. The maximum Gasteiger partial charge on any atom is 0.411 e. The molecule has 2 atom stereocenters. The predicted molar refractivity (Wildman–Crippen MR) is 51.7 cm³/mol. The lowest BCUT2D eigenvalue weighted by molar-refractivity contribution is -0.188. The monoisotopic (exact) mass is 225 g/mol. The fourth-order valence-corrected chi connectivity index (χ4v) is 2.00. The van der Waals surface area contributed by atoms with Gasteiger partial charge in [-0.2, -0.15) is 13.2 Å². The summed E-state index contributed by atoms with van der Waals surface area (Å²) in [5.41, 5.74) is 0. The molecule has 2 nitrogen and oxygen atoms in total. The van der Waals surface area contributed by atoms with Crippen LogP contribution in [0.1, 0.15) is 32.1 Å². The summed E-state index contributed by atoms with van der Waals surface area (Å²) in [4.78, 5) is 0. The Morgan fingerprint density at radius 2 is 1.87 bits per heavy atom. The van der Waals surface area contributed by atoms with E-state index in [1.54, 1.807) is 7.05 Å². The molecular formula is C10H18F3NO. The molecule has 1 N–H and O–H groups in total. The number of halogens is 3. The first-order valence-corrected chi connectivity index (χ1v) is 5.38. The van der Waals surface area contributed by atoms with E-state index in [1.165, 1.54) is 0 Å². The number of hydrogen-bond acceptors (Lipinski definition) is 2. The number of likely N-dealkylation sites (N-methyl/N-ethyl adjacent to an activating group) is 1. The molecule has 1 aliphatic rings. The zero-order valence-corrected chi connectivity index (χ0v) is 8.94. The Balaban J connectivity index is 2.41. The molecule has 5 heteroatoms. The molecule has 2 unspecified atom stereocenters. The summed E-state index contributed by atoms with van der Waals surface area (Å²) in [7, 11) is 1.78. The van der Waals surface area contributed by atoms with Crippen molar-refractivity contribution in [3.05, 3.63) is 0 Å². The molecule has 15 heavy (non-hydrogen) atoms. The maximum absolute atomic E-state index is 12.0. The van der Waals surface area contributed by atoms with Crippen LogP contribution >= 0.6 is 0 Å². The molecule has 0 amide bonds. The summed E-state index contributed by atoms with van der Waals surface area (Å²) in [6, 6.07) is 0.0647. The lowest BCUT2D eigenvalue weighted by atomic mass is 10.1. The van der Waals surface area contributed by atoms with Gasteiger partial charge in [-0.15, -0.1) is 0 Å². The van der Waals surface area contributed by atoms with Crippen molar-refractivity contribution >= 4 is 0 Å². The largest absolute Gasteiger partial charge is 0.411 e. The molecule has 0 aliphatic heterocycles. The van der Waals surface area contributed by atoms with Crippen LogP contribution in [0, 0.1) is 0 Å². The van der Waals surface area contributed by atoms with Gasteiger partial charge >= 0.3 is 6.18 Å². The highest BCUT2D eigenvalue weighted by Gasteiger charge is 2.31. The maximum atomic E-state index is 12.0. The molecule has 0 saturated heterocycles. The lowest BCUT2D eigenvalue weighted by Gasteiger charge is -2.25. The Hall–Kier alpha value is -0.290. The molecule has 0 heterocycles. The molecule has 1 rings (SSSR count). The third-order valence-corrected chi connectivity index (χ3v) is 2.78. The van der Waals surface area contributed by atoms with Crippen molar-refractivity contribution in [1.29, 1.82) is 0 Å². The van der Waals surface area contributed by atoms with Gasteiger partial charge in [0.15, 0.2) is 0 Å². The summed E-state index contributed by atoms with van der Waals surface area (Å²) in [6.07, 6.45) is 0.229. The van der Waals surface area contributed by atoms with Crippen molar-refractivity contribution in [1.82, 2.24) is 5.32 Å². The molecule has 0 aromatic heterocycles. The second-order valence-electron chi connectivity index (χ2n) is 4.00. The van der Waals surface area contributed by atoms with Gasteiger partial charge in [0.25, 0.3) is 0 Å². The normalized spacial score (nSPS) is 28.8. The lowest BCUT2D eigenvalue weighted by Crippen LogP contribution is -2.40. The topological polar surface area (TPSA) is 21.3 Å². The van der Waals surface area contributed by atoms with Gasteiger partial charge in [-0.3, -0.25) is 0 Å². The first kappa shape index (κ1) is 12.8. The van der Waals surface area contributed by atoms with Crippen LogP contribution in [0.25, 0.3) is 0 Å². The minimum atomic E-state index is -4.22. The van der Waals surface area contributed by atoms with E-state index in [9.17, 15) is 13.2 Å². The minimum Gasteiger partial charge on any atom is -0.367 e. The minimum absolute atomic E-state index is 0.0647. The van der Waals surface area contributed by atoms with Crippen LogP contribution < -0.4 is 5.32 Å². The van der Waals surface area contributed by atoms with E-state index in [4.69, 9.17) is 4.74 Å². The molecule has 1 saturated carbocycles. The van der Waals surface area contributed by atoms with Gasteiger partial charge in [0.2, 0.25) is 0 Å². The second-order valence-corrected chi connectivity index (χ2v) is 4.00.